The fourth-order valence-electron chi connectivity index (χ4n) is 10.1. The zero-order chi connectivity index (χ0) is 42.5. The molecule has 3 aliphatic rings. The molecule has 6 aromatic carbocycles. The zero-order valence-corrected chi connectivity index (χ0v) is 38.3. The van der Waals surface area contributed by atoms with Crippen molar-refractivity contribution < 1.29 is 48.1 Å². The van der Waals surface area contributed by atoms with Crippen molar-refractivity contribution >= 4 is 35.3 Å². The number of hydrogen-bond donors (Lipinski definition) is 0. The van der Waals surface area contributed by atoms with Gasteiger partial charge in [-0.05, 0) is 0 Å². The van der Waals surface area contributed by atoms with Crippen LogP contribution in [0, 0.1) is 10.8 Å². The van der Waals surface area contributed by atoms with Gasteiger partial charge in [-0.2, -0.15) is 0 Å². The van der Waals surface area contributed by atoms with Gasteiger partial charge >= 0.3 is 361 Å². The van der Waals surface area contributed by atoms with Crippen molar-refractivity contribution in [3.05, 3.63) is 172 Å². The van der Waals surface area contributed by atoms with E-state index >= 15 is 0 Å². The van der Waals surface area contributed by atoms with Gasteiger partial charge in [0.1, 0.15) is 0 Å². The van der Waals surface area contributed by atoms with E-state index in [2.05, 4.69) is 108 Å². The van der Waals surface area contributed by atoms with Gasteiger partial charge in [-0.15, -0.1) is 0 Å². The Labute approximate surface area is 358 Å². The summed E-state index contributed by atoms with van der Waals surface area (Å²) in [5.74, 6) is 0. The second kappa shape index (κ2) is 14.6. The standard InChI is InChI=1S/2C20H18F3.C12H9Si.Zr/c2*1-19(2,3)14-11-13-7-6-9-15(17(13)12-14)16-8-4-5-10-18(16)20(21,22)23;1-3-7-11-9(5-1)10-6-2-4-8-12(10)13-11;/h2*4-12H,1-3H3;1-7H,13H2;. The summed E-state index contributed by atoms with van der Waals surface area (Å²) in [5.41, 5.74) is 8.17. The van der Waals surface area contributed by atoms with E-state index in [-0.39, 0.29) is 29.2 Å². The maximum absolute atomic E-state index is 14.7. The van der Waals surface area contributed by atoms with Gasteiger partial charge in [-0.3, -0.25) is 0 Å². The van der Waals surface area contributed by atoms with E-state index < -0.39 is 54.7 Å². The van der Waals surface area contributed by atoms with Gasteiger partial charge in [-0.1, -0.05) is 0 Å². The summed E-state index contributed by atoms with van der Waals surface area (Å²) in [6.07, 6.45) is -4.68. The third-order valence-corrected chi connectivity index (χ3v) is 24.5. The summed E-state index contributed by atoms with van der Waals surface area (Å²) in [7, 11) is -0.920. The molecular weight excluding hydrogens is 858 g/mol. The van der Waals surface area contributed by atoms with Crippen molar-refractivity contribution in [2.45, 2.75) is 61.1 Å². The van der Waals surface area contributed by atoms with Gasteiger partial charge in [0, 0.05) is 0 Å². The molecule has 0 amide bonds. The van der Waals surface area contributed by atoms with Crippen LogP contribution in [0.25, 0.3) is 45.5 Å². The van der Waals surface area contributed by atoms with Crippen LogP contribution in [0.2, 0.25) is 0 Å². The van der Waals surface area contributed by atoms with E-state index in [1.807, 2.05) is 24.3 Å². The first-order chi connectivity index (χ1) is 28.3. The Hall–Kier alpha value is -4.52. The van der Waals surface area contributed by atoms with E-state index in [0.29, 0.717) is 11.1 Å². The number of halogens is 6. The minimum absolute atomic E-state index is 0.0718. The molecule has 0 spiro atoms. The predicted octanol–water partition coefficient (Wildman–Crippen LogP) is 12.8. The molecule has 6 aromatic rings. The topological polar surface area (TPSA) is 0 Å². The summed E-state index contributed by atoms with van der Waals surface area (Å²) >= 11 is -3.48. The summed E-state index contributed by atoms with van der Waals surface area (Å²) in [6, 6.07) is 38.9. The van der Waals surface area contributed by atoms with E-state index in [9.17, 15) is 26.3 Å². The van der Waals surface area contributed by atoms with E-state index in [1.165, 1.54) is 48.1 Å². The molecule has 9 rings (SSSR count). The molecule has 0 saturated carbocycles. The molecular formula is C52H45F6SiZr. The Morgan fingerprint density at radius 3 is 1.30 bits per heavy atom. The first-order valence-electron chi connectivity index (χ1n) is 20.4. The van der Waals surface area contributed by atoms with Crippen LogP contribution in [0.1, 0.15) is 82.2 Å². The molecule has 0 N–H and O–H groups in total. The van der Waals surface area contributed by atoms with E-state index in [1.54, 1.807) is 24.3 Å². The van der Waals surface area contributed by atoms with Crippen molar-refractivity contribution in [2.75, 3.05) is 0 Å². The third kappa shape index (κ3) is 6.86. The quantitative estimate of drug-likeness (QED) is 0.119. The summed E-state index contributed by atoms with van der Waals surface area (Å²) in [4.78, 5) is 0. The van der Waals surface area contributed by atoms with Crippen molar-refractivity contribution in [1.29, 1.82) is 0 Å². The number of alkyl halides is 6. The Bertz CT molecular complexity index is 2620. The van der Waals surface area contributed by atoms with Crippen molar-refractivity contribution in [3.63, 3.8) is 0 Å². The summed E-state index contributed by atoms with van der Waals surface area (Å²) < 4.78 is 89.4. The fourth-order valence-corrected chi connectivity index (χ4v) is 25.2. The van der Waals surface area contributed by atoms with Gasteiger partial charge < -0.3 is 0 Å². The molecule has 1 aliphatic heterocycles. The number of fused-ring (bicyclic) bond motifs is 5. The molecule has 60 heavy (non-hydrogen) atoms. The average molecular weight is 903 g/mol. The molecule has 0 aromatic heterocycles. The molecule has 2 aliphatic carbocycles. The van der Waals surface area contributed by atoms with Crippen LogP contribution in [0.4, 0.5) is 26.3 Å². The molecule has 8 heteroatoms. The van der Waals surface area contributed by atoms with Crippen LogP contribution < -0.4 is 13.6 Å². The van der Waals surface area contributed by atoms with Gasteiger partial charge in [0.25, 0.3) is 0 Å². The number of allylic oxidation sites excluding steroid dienone is 2. The SMILES string of the molecule is CC(C)(C)C1=Cc2c(-c3ccccc3C(F)(F)F)cccc2[CH]1[Zr]([c]1cccc2c1[SiH2]c1ccccc1-2)[CH]1C(C(C)(C)C)=Cc2c(-c3ccccc3C(F)(F)F)cccc21. The van der Waals surface area contributed by atoms with Crippen LogP contribution in [0.15, 0.2) is 139 Å². The van der Waals surface area contributed by atoms with Gasteiger partial charge in [0.15, 0.2) is 0 Å². The second-order valence-corrected chi connectivity index (χ2v) is 26.6. The molecule has 0 radical (unpaired) electrons. The Morgan fingerprint density at radius 2 is 0.833 bits per heavy atom. The first kappa shape index (κ1) is 40.9. The predicted molar refractivity (Wildman–Crippen MR) is 233 cm³/mol. The normalized spacial score (nSPS) is 17.5. The van der Waals surface area contributed by atoms with Crippen LogP contribution in [0.3, 0.4) is 0 Å². The minimum atomic E-state index is -4.54. The number of hydrogen-bond acceptors (Lipinski definition) is 0. The molecule has 0 bridgehead atoms. The molecule has 2 atom stereocenters. The molecule has 0 nitrogen and oxygen atoms in total. The fraction of sp³-hybridized carbons (Fsp3) is 0.231. The van der Waals surface area contributed by atoms with Gasteiger partial charge in [0.05, 0.1) is 0 Å². The van der Waals surface area contributed by atoms with Crippen LogP contribution in [0.5, 0.6) is 0 Å². The third-order valence-electron chi connectivity index (χ3n) is 12.7. The van der Waals surface area contributed by atoms with E-state index in [0.717, 1.165) is 34.4 Å². The monoisotopic (exact) mass is 901 g/mol. The molecule has 2 unspecified atom stereocenters. The first-order valence-corrected chi connectivity index (χ1v) is 25.9. The Morgan fingerprint density at radius 1 is 0.433 bits per heavy atom. The zero-order valence-electron chi connectivity index (χ0n) is 34.4. The summed E-state index contributed by atoms with van der Waals surface area (Å²) in [6.45, 7) is 13.2. The molecule has 0 fully saturated rings. The molecule has 0 saturated heterocycles. The summed E-state index contributed by atoms with van der Waals surface area (Å²) in [5, 5.41) is 2.84. The van der Waals surface area contributed by atoms with E-state index in [4.69, 9.17) is 0 Å². The van der Waals surface area contributed by atoms with Crippen molar-refractivity contribution in [3.8, 4) is 33.4 Å². The van der Waals surface area contributed by atoms with Gasteiger partial charge in [-0.25, -0.2) is 0 Å². The Kier molecular flexibility index (Phi) is 9.91. The van der Waals surface area contributed by atoms with Crippen LogP contribution >= 0.6 is 0 Å². The van der Waals surface area contributed by atoms with Gasteiger partial charge in [0.2, 0.25) is 0 Å². The van der Waals surface area contributed by atoms with Crippen LogP contribution in [-0.2, 0) is 34.1 Å². The molecule has 1 heterocycles. The van der Waals surface area contributed by atoms with Crippen molar-refractivity contribution in [1.82, 2.24) is 0 Å². The average Bonchev–Trinajstić information content (AvgIpc) is 3.90. The van der Waals surface area contributed by atoms with Crippen LogP contribution in [-0.4, -0.2) is 9.52 Å². The second-order valence-electron chi connectivity index (χ2n) is 18.4. The van der Waals surface area contributed by atoms with Crippen molar-refractivity contribution in [2.24, 2.45) is 10.8 Å². The molecule has 303 valence electrons. The maximum atomic E-state index is 14.7. The Balaban J connectivity index is 1.35. The number of rotatable bonds is 5. The number of benzene rings is 6.